The highest BCUT2D eigenvalue weighted by Gasteiger charge is 2.35. The summed E-state index contributed by atoms with van der Waals surface area (Å²) in [6.45, 7) is 5.64. The molecule has 1 aliphatic rings. The molecule has 28 heavy (non-hydrogen) atoms. The molecule has 2 aromatic rings. The van der Waals surface area contributed by atoms with Gasteiger partial charge in [0, 0.05) is 23.5 Å². The molecule has 0 aliphatic carbocycles. The van der Waals surface area contributed by atoms with Crippen molar-refractivity contribution in [1.29, 1.82) is 0 Å². The number of benzene rings is 1. The summed E-state index contributed by atoms with van der Waals surface area (Å²) < 4.78 is 34.4. The first-order valence-corrected chi connectivity index (χ1v) is 11.1. The summed E-state index contributed by atoms with van der Waals surface area (Å²) >= 11 is 0. The minimum atomic E-state index is -3.12. The van der Waals surface area contributed by atoms with E-state index in [1.165, 1.54) is 4.90 Å². The summed E-state index contributed by atoms with van der Waals surface area (Å²) in [7, 11) is -3.12. The Bertz CT molecular complexity index is 991. The number of sulfone groups is 1. The molecule has 0 saturated carbocycles. The molecule has 3 rings (SSSR count). The van der Waals surface area contributed by atoms with Gasteiger partial charge in [-0.3, -0.25) is 4.79 Å². The summed E-state index contributed by atoms with van der Waals surface area (Å²) in [5.74, 6) is -0.809. The smallest absolute Gasteiger partial charge is 0.375 e. The second-order valence-corrected chi connectivity index (χ2v) is 9.85. The molecule has 0 bridgehead atoms. The highest BCUT2D eigenvalue weighted by atomic mass is 32.2. The van der Waals surface area contributed by atoms with Gasteiger partial charge in [0.1, 0.15) is 5.58 Å². The maximum atomic E-state index is 12.7. The topological polar surface area (TPSA) is 93.9 Å². The van der Waals surface area contributed by atoms with Gasteiger partial charge in [0.05, 0.1) is 11.5 Å². The van der Waals surface area contributed by atoms with Gasteiger partial charge in [-0.15, -0.1) is 0 Å². The molecule has 1 amide bonds. The molecular weight excluding hydrogens is 382 g/mol. The molecule has 1 saturated heterocycles. The van der Waals surface area contributed by atoms with Gasteiger partial charge in [-0.25, -0.2) is 13.2 Å². The standard InChI is InChI=1S/C20H25NO6S/c1-13(2)10-21(15-8-9-28(24,25)12-15)18(22)11-26-20(23)19-14(3)16-6-4-5-7-17(16)27-19/h4-7,13,15H,8-12H2,1-3H3/t15-/m0/s1. The average Bonchev–Trinajstić information content (AvgIpc) is 3.17. The summed E-state index contributed by atoms with van der Waals surface area (Å²) in [6, 6.07) is 6.90. The number of carbonyl (C=O) groups is 2. The molecule has 1 atom stereocenters. The van der Waals surface area contributed by atoms with E-state index in [4.69, 9.17) is 9.15 Å². The maximum absolute atomic E-state index is 12.7. The van der Waals surface area contributed by atoms with Gasteiger partial charge in [-0.2, -0.15) is 0 Å². The lowest BCUT2D eigenvalue weighted by atomic mass is 10.1. The summed E-state index contributed by atoms with van der Waals surface area (Å²) in [4.78, 5) is 26.7. The number of amides is 1. The molecule has 0 spiro atoms. The Morgan fingerprint density at radius 1 is 1.29 bits per heavy atom. The Hall–Kier alpha value is -2.35. The first-order chi connectivity index (χ1) is 13.2. The normalized spacial score (nSPS) is 18.5. The van der Waals surface area contributed by atoms with Crippen molar-refractivity contribution in [2.45, 2.75) is 33.2 Å². The third kappa shape index (κ3) is 4.38. The van der Waals surface area contributed by atoms with Crippen LogP contribution in [0, 0.1) is 12.8 Å². The van der Waals surface area contributed by atoms with E-state index in [1.54, 1.807) is 13.0 Å². The summed E-state index contributed by atoms with van der Waals surface area (Å²) in [5.41, 5.74) is 1.24. The molecule has 1 aromatic carbocycles. The Kier molecular flexibility index (Phi) is 5.79. The predicted octanol–water partition coefficient (Wildman–Crippen LogP) is 2.57. The molecule has 0 radical (unpaired) electrons. The number of carbonyl (C=O) groups excluding carboxylic acids is 2. The fraction of sp³-hybridized carbons (Fsp3) is 0.500. The van der Waals surface area contributed by atoms with E-state index in [9.17, 15) is 18.0 Å². The fourth-order valence-electron chi connectivity index (χ4n) is 3.51. The van der Waals surface area contributed by atoms with Gasteiger partial charge < -0.3 is 14.1 Å². The molecule has 152 valence electrons. The number of nitrogens with zero attached hydrogens (tertiary/aromatic N) is 1. The zero-order valence-electron chi connectivity index (χ0n) is 16.3. The number of fused-ring (bicyclic) bond motifs is 1. The van der Waals surface area contributed by atoms with Gasteiger partial charge in [0.25, 0.3) is 5.91 Å². The lowest BCUT2D eigenvalue weighted by Crippen LogP contribution is -2.45. The van der Waals surface area contributed by atoms with Crippen molar-refractivity contribution in [2.75, 3.05) is 24.7 Å². The molecule has 0 N–H and O–H groups in total. The van der Waals surface area contributed by atoms with Gasteiger partial charge in [-0.1, -0.05) is 32.0 Å². The second kappa shape index (κ2) is 7.95. The minimum Gasteiger partial charge on any atom is -0.450 e. The second-order valence-electron chi connectivity index (χ2n) is 7.63. The van der Waals surface area contributed by atoms with Crippen LogP contribution in [0.5, 0.6) is 0 Å². The summed E-state index contributed by atoms with van der Waals surface area (Å²) in [5, 5.41) is 0.818. The first kappa shape index (κ1) is 20.4. The van der Waals surface area contributed by atoms with E-state index in [-0.39, 0.29) is 29.2 Å². The van der Waals surface area contributed by atoms with E-state index in [2.05, 4.69) is 0 Å². The molecule has 1 aromatic heterocycles. The van der Waals surface area contributed by atoms with Crippen LogP contribution in [0.1, 0.15) is 36.4 Å². The number of rotatable bonds is 6. The highest BCUT2D eigenvalue weighted by Crippen LogP contribution is 2.25. The third-order valence-corrected chi connectivity index (χ3v) is 6.64. The van der Waals surface area contributed by atoms with Crippen LogP contribution in [0.25, 0.3) is 11.0 Å². The Labute approximate surface area is 164 Å². The average molecular weight is 407 g/mol. The van der Waals surface area contributed by atoms with Gasteiger partial charge in [0.15, 0.2) is 16.4 Å². The summed E-state index contributed by atoms with van der Waals surface area (Å²) in [6.07, 6.45) is 0.414. The largest absolute Gasteiger partial charge is 0.450 e. The monoisotopic (exact) mass is 407 g/mol. The number of para-hydroxylation sites is 1. The van der Waals surface area contributed by atoms with Crippen LogP contribution in [0.15, 0.2) is 28.7 Å². The van der Waals surface area contributed by atoms with Gasteiger partial charge in [-0.05, 0) is 25.3 Å². The number of hydrogen-bond acceptors (Lipinski definition) is 6. The molecule has 8 heteroatoms. The Balaban J connectivity index is 1.69. The van der Waals surface area contributed by atoms with E-state index in [0.29, 0.717) is 24.1 Å². The zero-order chi connectivity index (χ0) is 20.5. The van der Waals surface area contributed by atoms with Crippen molar-refractivity contribution in [3.63, 3.8) is 0 Å². The number of aryl methyl sites for hydroxylation is 1. The number of ether oxygens (including phenoxy) is 1. The molecule has 1 aliphatic heterocycles. The van der Waals surface area contributed by atoms with E-state index >= 15 is 0 Å². The van der Waals surface area contributed by atoms with E-state index in [0.717, 1.165) is 5.39 Å². The van der Waals surface area contributed by atoms with Crippen LogP contribution in [0.3, 0.4) is 0 Å². The van der Waals surface area contributed by atoms with Gasteiger partial charge >= 0.3 is 5.97 Å². The zero-order valence-corrected chi connectivity index (χ0v) is 17.1. The van der Waals surface area contributed by atoms with Crippen LogP contribution in [-0.2, 0) is 19.4 Å². The quantitative estimate of drug-likeness (QED) is 0.683. The van der Waals surface area contributed by atoms with Crippen LogP contribution < -0.4 is 0 Å². The third-order valence-electron chi connectivity index (χ3n) is 4.89. The lowest BCUT2D eigenvalue weighted by Gasteiger charge is -2.29. The van der Waals surface area contributed by atoms with Gasteiger partial charge in [0.2, 0.25) is 5.76 Å². The van der Waals surface area contributed by atoms with Crippen molar-refractivity contribution >= 4 is 32.7 Å². The van der Waals surface area contributed by atoms with Crippen LogP contribution in [-0.4, -0.2) is 55.9 Å². The van der Waals surface area contributed by atoms with E-state index in [1.807, 2.05) is 32.0 Å². The number of furan rings is 1. The van der Waals surface area contributed by atoms with E-state index < -0.39 is 28.3 Å². The number of hydrogen-bond donors (Lipinski definition) is 0. The Morgan fingerprint density at radius 2 is 2.00 bits per heavy atom. The molecule has 2 heterocycles. The van der Waals surface area contributed by atoms with Crippen molar-refractivity contribution in [3.05, 3.63) is 35.6 Å². The van der Waals surface area contributed by atoms with Crippen LogP contribution >= 0.6 is 0 Å². The molecular formula is C20H25NO6S. The fourth-order valence-corrected chi connectivity index (χ4v) is 5.24. The maximum Gasteiger partial charge on any atom is 0.375 e. The highest BCUT2D eigenvalue weighted by molar-refractivity contribution is 7.91. The minimum absolute atomic E-state index is 0.0396. The Morgan fingerprint density at radius 3 is 2.61 bits per heavy atom. The van der Waals surface area contributed by atoms with Crippen molar-refractivity contribution in [3.8, 4) is 0 Å². The van der Waals surface area contributed by atoms with Crippen LogP contribution in [0.4, 0.5) is 0 Å². The van der Waals surface area contributed by atoms with Crippen molar-refractivity contribution in [1.82, 2.24) is 4.90 Å². The first-order valence-electron chi connectivity index (χ1n) is 9.33. The SMILES string of the molecule is Cc1c(C(=O)OCC(=O)N(CC(C)C)[C@H]2CCS(=O)(=O)C2)oc2ccccc12. The predicted molar refractivity (Wildman–Crippen MR) is 105 cm³/mol. The molecule has 7 nitrogen and oxygen atoms in total. The molecule has 1 fully saturated rings. The van der Waals surface area contributed by atoms with Crippen molar-refractivity contribution < 1.29 is 27.2 Å². The van der Waals surface area contributed by atoms with Crippen molar-refractivity contribution in [2.24, 2.45) is 5.92 Å². The number of esters is 1. The lowest BCUT2D eigenvalue weighted by molar-refractivity contribution is -0.137. The van der Waals surface area contributed by atoms with Crippen LogP contribution in [0.2, 0.25) is 0 Å². The molecule has 0 unspecified atom stereocenters.